The Balaban J connectivity index is 2.17. The van der Waals surface area contributed by atoms with Crippen LogP contribution in [0, 0.1) is 0 Å². The van der Waals surface area contributed by atoms with Crippen LogP contribution in [-0.4, -0.2) is 16.6 Å². The molecule has 0 bridgehead atoms. The Bertz CT molecular complexity index is 712. The van der Waals surface area contributed by atoms with Crippen molar-refractivity contribution in [1.82, 2.24) is 0 Å². The van der Waals surface area contributed by atoms with Crippen molar-refractivity contribution in [1.29, 1.82) is 0 Å². The molecule has 1 saturated carbocycles. The van der Waals surface area contributed by atoms with E-state index in [0.29, 0.717) is 19.3 Å². The second-order valence-electron chi connectivity index (χ2n) is 6.33. The smallest absolute Gasteiger partial charge is 0.231 e. The van der Waals surface area contributed by atoms with Gasteiger partial charge in [0.1, 0.15) is 5.41 Å². The zero-order valence-corrected chi connectivity index (χ0v) is 14.4. The number of hydrogen-bond donors (Lipinski definition) is 2. The van der Waals surface area contributed by atoms with E-state index in [0.717, 1.165) is 22.0 Å². The molecule has 1 amide bonds. The number of benzene rings is 2. The second kappa shape index (κ2) is 6.10. The maximum atomic E-state index is 12.6. The maximum absolute atomic E-state index is 12.6. The fraction of sp³-hybridized carbons (Fsp3) is 0.316. The molecule has 0 saturated heterocycles. The minimum absolute atomic E-state index is 0.399. The summed E-state index contributed by atoms with van der Waals surface area (Å²) in [6.45, 7) is 0. The van der Waals surface area contributed by atoms with Crippen molar-refractivity contribution in [3.63, 3.8) is 0 Å². The first-order valence-electron chi connectivity index (χ1n) is 7.80. The summed E-state index contributed by atoms with van der Waals surface area (Å²) in [5, 5.41) is 11.2. The van der Waals surface area contributed by atoms with Crippen LogP contribution in [0.15, 0.2) is 59.1 Å². The van der Waals surface area contributed by atoms with E-state index < -0.39 is 16.9 Å². The standard InChI is InChI=1S/C19H20BrNO2/c20-16-9-4-8-15(12-16)19(17(21)22,18(23)10-5-11-18)13-14-6-2-1-3-7-14/h1-4,6-9,12,23H,5,10-11,13H2,(H2,21,22). The first kappa shape index (κ1) is 16.2. The normalized spacial score (nSPS) is 18.7. The highest BCUT2D eigenvalue weighted by Crippen LogP contribution is 2.50. The molecule has 0 spiro atoms. The van der Waals surface area contributed by atoms with Crippen molar-refractivity contribution in [2.45, 2.75) is 36.7 Å². The Morgan fingerprint density at radius 1 is 1.17 bits per heavy atom. The highest BCUT2D eigenvalue weighted by atomic mass is 79.9. The van der Waals surface area contributed by atoms with Gasteiger partial charge in [0.2, 0.25) is 5.91 Å². The van der Waals surface area contributed by atoms with Gasteiger partial charge in [0.15, 0.2) is 0 Å². The predicted molar refractivity (Wildman–Crippen MR) is 94.0 cm³/mol. The van der Waals surface area contributed by atoms with E-state index in [9.17, 15) is 9.90 Å². The minimum atomic E-state index is -1.11. The topological polar surface area (TPSA) is 63.3 Å². The highest BCUT2D eigenvalue weighted by molar-refractivity contribution is 9.10. The molecular formula is C19H20BrNO2. The Hall–Kier alpha value is -1.65. The van der Waals surface area contributed by atoms with Crippen molar-refractivity contribution < 1.29 is 9.90 Å². The SMILES string of the molecule is NC(=O)C(Cc1ccccc1)(c1cccc(Br)c1)C1(O)CCC1. The van der Waals surface area contributed by atoms with Crippen LogP contribution in [0.4, 0.5) is 0 Å². The molecule has 2 aromatic rings. The number of rotatable bonds is 5. The number of carbonyl (C=O) groups is 1. The van der Waals surface area contributed by atoms with Gasteiger partial charge in [0.05, 0.1) is 5.60 Å². The third-order valence-corrected chi connectivity index (χ3v) is 5.52. The molecule has 0 radical (unpaired) electrons. The van der Waals surface area contributed by atoms with Crippen LogP contribution in [0.1, 0.15) is 30.4 Å². The van der Waals surface area contributed by atoms with Gasteiger partial charge in [-0.1, -0.05) is 58.4 Å². The monoisotopic (exact) mass is 373 g/mol. The summed E-state index contributed by atoms with van der Waals surface area (Å²) in [5.41, 5.74) is 5.44. The van der Waals surface area contributed by atoms with Gasteiger partial charge >= 0.3 is 0 Å². The lowest BCUT2D eigenvalue weighted by molar-refractivity contribution is -0.147. The lowest BCUT2D eigenvalue weighted by Gasteiger charge is -2.51. The van der Waals surface area contributed by atoms with Crippen molar-refractivity contribution in [2.75, 3.05) is 0 Å². The largest absolute Gasteiger partial charge is 0.388 e. The van der Waals surface area contributed by atoms with Crippen LogP contribution in [-0.2, 0) is 16.6 Å². The number of nitrogens with two attached hydrogens (primary N) is 1. The third-order valence-electron chi connectivity index (χ3n) is 5.03. The number of halogens is 1. The fourth-order valence-corrected chi connectivity index (χ4v) is 3.99. The van der Waals surface area contributed by atoms with E-state index in [1.54, 1.807) is 0 Å². The van der Waals surface area contributed by atoms with Crippen molar-refractivity contribution in [2.24, 2.45) is 5.73 Å². The molecule has 0 aliphatic heterocycles. The molecule has 1 fully saturated rings. The number of primary amides is 1. The predicted octanol–water partition coefficient (Wildman–Crippen LogP) is 3.33. The minimum Gasteiger partial charge on any atom is -0.388 e. The van der Waals surface area contributed by atoms with Gasteiger partial charge in [-0.15, -0.1) is 0 Å². The average Bonchev–Trinajstić information content (AvgIpc) is 2.51. The van der Waals surface area contributed by atoms with Crippen LogP contribution in [0.25, 0.3) is 0 Å². The average molecular weight is 374 g/mol. The molecule has 3 rings (SSSR count). The highest BCUT2D eigenvalue weighted by Gasteiger charge is 2.58. The summed E-state index contributed by atoms with van der Waals surface area (Å²) in [6.07, 6.45) is 2.50. The van der Waals surface area contributed by atoms with E-state index >= 15 is 0 Å². The molecule has 1 aliphatic carbocycles. The third kappa shape index (κ3) is 2.70. The molecule has 1 unspecified atom stereocenters. The lowest BCUT2D eigenvalue weighted by atomic mass is 9.56. The first-order chi connectivity index (χ1) is 11.0. The van der Waals surface area contributed by atoms with E-state index in [1.807, 2.05) is 54.6 Å². The summed E-state index contributed by atoms with van der Waals surface area (Å²) < 4.78 is 0.872. The van der Waals surface area contributed by atoms with Crippen LogP contribution in [0.2, 0.25) is 0 Å². The number of amides is 1. The zero-order chi connectivity index (χ0) is 16.5. The van der Waals surface area contributed by atoms with Crippen LogP contribution in [0.3, 0.4) is 0 Å². The van der Waals surface area contributed by atoms with Gasteiger partial charge in [-0.3, -0.25) is 4.79 Å². The van der Waals surface area contributed by atoms with E-state index in [2.05, 4.69) is 15.9 Å². The molecule has 3 N–H and O–H groups in total. The van der Waals surface area contributed by atoms with Crippen molar-refractivity contribution in [3.8, 4) is 0 Å². The maximum Gasteiger partial charge on any atom is 0.231 e. The van der Waals surface area contributed by atoms with Gasteiger partial charge in [0, 0.05) is 4.47 Å². The van der Waals surface area contributed by atoms with Crippen LogP contribution < -0.4 is 5.73 Å². The summed E-state index contributed by atoms with van der Waals surface area (Å²) >= 11 is 3.46. The molecule has 1 aliphatic rings. The fourth-order valence-electron chi connectivity index (χ4n) is 3.59. The Morgan fingerprint density at radius 2 is 1.87 bits per heavy atom. The Kier molecular flexibility index (Phi) is 4.30. The van der Waals surface area contributed by atoms with Crippen molar-refractivity contribution in [3.05, 3.63) is 70.2 Å². The molecule has 3 nitrogen and oxygen atoms in total. The van der Waals surface area contributed by atoms with E-state index in [4.69, 9.17) is 5.73 Å². The molecule has 23 heavy (non-hydrogen) atoms. The van der Waals surface area contributed by atoms with Crippen molar-refractivity contribution >= 4 is 21.8 Å². The summed E-state index contributed by atoms with van der Waals surface area (Å²) in [5.74, 6) is -0.471. The molecule has 0 aromatic heterocycles. The van der Waals surface area contributed by atoms with Gasteiger partial charge < -0.3 is 10.8 Å². The number of aliphatic hydroxyl groups is 1. The molecule has 0 heterocycles. The zero-order valence-electron chi connectivity index (χ0n) is 12.8. The van der Waals surface area contributed by atoms with E-state index in [1.165, 1.54) is 0 Å². The van der Waals surface area contributed by atoms with E-state index in [-0.39, 0.29) is 0 Å². The second-order valence-corrected chi connectivity index (χ2v) is 7.24. The molecular weight excluding hydrogens is 354 g/mol. The van der Waals surface area contributed by atoms with Gasteiger partial charge in [-0.25, -0.2) is 0 Å². The molecule has 120 valence electrons. The van der Waals surface area contributed by atoms with Gasteiger partial charge in [-0.2, -0.15) is 0 Å². The molecule has 2 aromatic carbocycles. The Morgan fingerprint density at radius 3 is 2.39 bits per heavy atom. The van der Waals surface area contributed by atoms with Gasteiger partial charge in [0.25, 0.3) is 0 Å². The number of hydrogen-bond acceptors (Lipinski definition) is 2. The quantitative estimate of drug-likeness (QED) is 0.843. The summed E-state index contributed by atoms with van der Waals surface area (Å²) in [7, 11) is 0. The molecule has 1 atom stereocenters. The van der Waals surface area contributed by atoms with Crippen LogP contribution in [0.5, 0.6) is 0 Å². The Labute approximate surface area is 144 Å². The first-order valence-corrected chi connectivity index (χ1v) is 8.59. The summed E-state index contributed by atoms with van der Waals surface area (Å²) in [4.78, 5) is 12.6. The summed E-state index contributed by atoms with van der Waals surface area (Å²) in [6, 6.07) is 17.3. The van der Waals surface area contributed by atoms with Gasteiger partial charge in [-0.05, 0) is 48.9 Å². The van der Waals surface area contributed by atoms with Crippen LogP contribution >= 0.6 is 15.9 Å². The number of carbonyl (C=O) groups excluding carboxylic acids is 1. The lowest BCUT2D eigenvalue weighted by Crippen LogP contribution is -2.63. The molecule has 4 heteroatoms.